The molecule has 1 saturated heterocycles. The predicted molar refractivity (Wildman–Crippen MR) is 33.8 cm³/mol. The van der Waals surface area contributed by atoms with Crippen LogP contribution in [0.2, 0.25) is 0 Å². The molecule has 0 spiro atoms. The Morgan fingerprint density at radius 3 is 2.00 bits per heavy atom. The summed E-state index contributed by atoms with van der Waals surface area (Å²) in [5, 5.41) is 8.63. The van der Waals surface area contributed by atoms with Crippen LogP contribution >= 0.6 is 20.3 Å². The Morgan fingerprint density at radius 1 is 1.83 bits per heavy atom. The molecule has 0 aliphatic carbocycles. The molecule has 4 heteroatoms. The van der Waals surface area contributed by atoms with E-state index in [9.17, 15) is 0 Å². The largest absolute Gasteiger partial charge is 0.415 e. The monoisotopic (exact) mass is 213 g/mol. The molecule has 0 aromatic heterocycles. The smallest absolute Gasteiger partial charge is 0.407 e. The van der Waals surface area contributed by atoms with E-state index in [0.717, 1.165) is 0 Å². The first-order valence-electron chi connectivity index (χ1n) is 1.81. The highest BCUT2D eigenvalue weighted by molar-refractivity contribution is 14.1. The van der Waals surface area contributed by atoms with E-state index in [4.69, 9.17) is 10.8 Å². The van der Waals surface area contributed by atoms with Crippen LogP contribution in [0.4, 0.5) is 0 Å². The second kappa shape index (κ2) is 1.60. The molecular weight excluding hydrogens is 208 g/mol. The molecular formula is C2H5AlINO. The lowest BCUT2D eigenvalue weighted by molar-refractivity contribution is 0.291. The maximum atomic E-state index is 8.63. The van der Waals surface area contributed by atoms with Gasteiger partial charge in [-0.05, 0) is 4.90 Å². The standard InChI is InChI=1S/C2H5NO.Al.HI/c3-1-2-4;;/h1-2,4H,3H2;;1H/q;+1;/p-1. The van der Waals surface area contributed by atoms with Crippen molar-refractivity contribution in [3.8, 4) is 0 Å². The highest BCUT2D eigenvalue weighted by Gasteiger charge is 2.51. The first kappa shape index (κ1) is 5.32. The number of aliphatic hydroxyl groups is 1. The molecule has 6 heavy (non-hydrogen) atoms. The van der Waals surface area contributed by atoms with Crippen molar-refractivity contribution < 1.29 is 5.11 Å². The van der Waals surface area contributed by atoms with Gasteiger partial charge in [0.2, 0.25) is 0 Å². The van der Waals surface area contributed by atoms with Gasteiger partial charge < -0.3 is 10.8 Å². The van der Waals surface area contributed by atoms with Crippen LogP contribution in [0.1, 0.15) is 0 Å². The number of hydrogen-bond acceptors (Lipinski definition) is 2. The van der Waals surface area contributed by atoms with E-state index in [2.05, 4.69) is 20.3 Å². The quantitative estimate of drug-likeness (QED) is 0.408. The van der Waals surface area contributed by atoms with Crippen LogP contribution in [0, 0.1) is 0 Å². The fourth-order valence-corrected chi connectivity index (χ4v) is 4.53. The topological polar surface area (TPSA) is 46.2 Å². The van der Waals surface area contributed by atoms with Gasteiger partial charge in [0.25, 0.3) is 0 Å². The molecule has 1 rings (SSSR count). The summed E-state index contributed by atoms with van der Waals surface area (Å²) in [6.45, 7) is 0. The van der Waals surface area contributed by atoms with E-state index in [-0.39, 0.29) is 9.87 Å². The summed E-state index contributed by atoms with van der Waals surface area (Å²) >= 11 is 2.27. The van der Waals surface area contributed by atoms with Crippen molar-refractivity contribution in [3.63, 3.8) is 0 Å². The fraction of sp³-hybridized carbons (Fsp3) is 1.00. The molecule has 0 bridgehead atoms. The normalized spacial score (nSPS) is 43.5. The van der Waals surface area contributed by atoms with Crippen molar-refractivity contribution in [2.45, 2.75) is 9.87 Å². The average Bonchev–Trinajstić information content (AvgIpc) is 1.94. The average molecular weight is 213 g/mol. The minimum atomic E-state index is -0.774. The SMILES string of the molecule is N[CH]1[CH](O)[Al]1[I]. The zero-order valence-corrected chi connectivity index (χ0v) is 6.45. The lowest BCUT2D eigenvalue weighted by Gasteiger charge is -1.73. The molecule has 1 fully saturated rings. The number of hydrogen-bond donors (Lipinski definition) is 2. The number of aliphatic hydroxyl groups excluding tert-OH is 1. The summed E-state index contributed by atoms with van der Waals surface area (Å²) in [4.78, 5) is 0.121. The van der Waals surface area contributed by atoms with E-state index >= 15 is 0 Å². The highest BCUT2D eigenvalue weighted by Crippen LogP contribution is 2.23. The van der Waals surface area contributed by atoms with Crippen molar-refractivity contribution in [1.29, 1.82) is 0 Å². The van der Waals surface area contributed by atoms with Crippen molar-refractivity contribution in [2.24, 2.45) is 5.73 Å². The summed E-state index contributed by atoms with van der Waals surface area (Å²) in [5.41, 5.74) is 5.31. The number of rotatable bonds is 0. The van der Waals surface area contributed by atoms with Gasteiger partial charge in [0.05, 0.1) is 0 Å². The van der Waals surface area contributed by atoms with Crippen molar-refractivity contribution in [3.05, 3.63) is 0 Å². The van der Waals surface area contributed by atoms with Gasteiger partial charge in [-0.3, -0.25) is 0 Å². The number of nitrogens with two attached hydrogens (primary N) is 1. The summed E-state index contributed by atoms with van der Waals surface area (Å²) < 4.78 is 0. The third-order valence-corrected chi connectivity index (χ3v) is 7.37. The van der Waals surface area contributed by atoms with Crippen molar-refractivity contribution >= 4 is 31.1 Å². The minimum absolute atomic E-state index is 0.0781. The third-order valence-electron chi connectivity index (χ3n) is 0.947. The maximum Gasteiger partial charge on any atom is 0.415 e. The molecule has 0 radical (unpaired) electrons. The first-order valence-corrected chi connectivity index (χ1v) is 7.32. The molecule has 0 amide bonds. The lowest BCUT2D eigenvalue weighted by Crippen LogP contribution is -2.05. The Hall–Kier alpha value is 1.18. The molecule has 2 nitrogen and oxygen atoms in total. The predicted octanol–water partition coefficient (Wildman–Crippen LogP) is -0.807. The Labute approximate surface area is 51.8 Å². The zero-order chi connectivity index (χ0) is 4.73. The molecule has 2 atom stereocenters. The molecule has 1 aliphatic heterocycles. The summed E-state index contributed by atoms with van der Waals surface area (Å²) in [6, 6.07) is 0. The molecule has 3 N–H and O–H groups in total. The Kier molecular flexibility index (Phi) is 1.42. The van der Waals surface area contributed by atoms with Crippen LogP contribution in [0.15, 0.2) is 0 Å². The molecule has 0 aromatic rings. The van der Waals surface area contributed by atoms with Crippen LogP contribution in [0.3, 0.4) is 0 Å². The lowest BCUT2D eigenvalue weighted by atomic mass is 10.8. The van der Waals surface area contributed by atoms with E-state index in [1.165, 1.54) is 0 Å². The highest BCUT2D eigenvalue weighted by atomic mass is 127. The van der Waals surface area contributed by atoms with Crippen molar-refractivity contribution in [2.75, 3.05) is 0 Å². The molecule has 1 aliphatic rings. The fourth-order valence-electron chi connectivity index (χ4n) is 0.280. The van der Waals surface area contributed by atoms with Crippen LogP contribution in [0.25, 0.3) is 0 Å². The third kappa shape index (κ3) is 0.725. The van der Waals surface area contributed by atoms with Gasteiger partial charge in [-0.1, -0.05) is 0 Å². The van der Waals surface area contributed by atoms with Crippen LogP contribution in [-0.2, 0) is 0 Å². The molecule has 0 saturated carbocycles. The van der Waals surface area contributed by atoms with Gasteiger partial charge in [0.15, 0.2) is 0 Å². The van der Waals surface area contributed by atoms with Crippen LogP contribution in [0.5, 0.6) is 0 Å². The van der Waals surface area contributed by atoms with E-state index in [1.54, 1.807) is 0 Å². The van der Waals surface area contributed by atoms with E-state index < -0.39 is 10.9 Å². The summed E-state index contributed by atoms with van der Waals surface area (Å²) in [6.07, 6.45) is 0. The van der Waals surface area contributed by atoms with Gasteiger partial charge in [-0.15, -0.1) is 0 Å². The molecule has 34 valence electrons. The molecule has 0 aromatic carbocycles. The minimum Gasteiger partial charge on any atom is -0.407 e. The molecule has 1 heterocycles. The van der Waals surface area contributed by atoms with E-state index in [0.29, 0.717) is 0 Å². The Balaban J connectivity index is 2.31. The van der Waals surface area contributed by atoms with Crippen LogP contribution < -0.4 is 5.73 Å². The second-order valence-corrected chi connectivity index (χ2v) is 8.17. The zero-order valence-electron chi connectivity index (χ0n) is 3.13. The van der Waals surface area contributed by atoms with Crippen LogP contribution in [-0.4, -0.2) is 25.8 Å². The molecule has 2 unspecified atom stereocenters. The number of halogens is 1. The second-order valence-electron chi connectivity index (χ2n) is 1.51. The summed E-state index contributed by atoms with van der Waals surface area (Å²) in [7, 11) is -0.774. The van der Waals surface area contributed by atoms with Gasteiger partial charge in [-0.2, -0.15) is 0 Å². The maximum absolute atomic E-state index is 8.63. The Bertz CT molecular complexity index is 50.3. The first-order chi connectivity index (χ1) is 2.73. The van der Waals surface area contributed by atoms with Gasteiger partial charge in [0.1, 0.15) is 0 Å². The van der Waals surface area contributed by atoms with Gasteiger partial charge in [0, 0.05) is 4.97 Å². The van der Waals surface area contributed by atoms with E-state index in [1.807, 2.05) is 0 Å². The summed E-state index contributed by atoms with van der Waals surface area (Å²) in [5.74, 6) is 0. The van der Waals surface area contributed by atoms with Gasteiger partial charge >= 0.3 is 10.9 Å². The van der Waals surface area contributed by atoms with Crippen molar-refractivity contribution in [1.82, 2.24) is 0 Å². The Morgan fingerprint density at radius 2 is 2.00 bits per heavy atom. The van der Waals surface area contributed by atoms with Gasteiger partial charge in [-0.25, -0.2) is 20.3 Å².